The van der Waals surface area contributed by atoms with E-state index in [-0.39, 0.29) is 12.1 Å². The second-order valence-corrected chi connectivity index (χ2v) is 7.73. The minimum atomic E-state index is -4.65. The molecule has 2 aromatic heterocycles. The van der Waals surface area contributed by atoms with Crippen molar-refractivity contribution in [1.29, 1.82) is 0 Å². The standard InChI is InChI=1S/C18H19ClF3N3OS/c1-25-8-3-2-4-13(25)15(11-6-9-27-10-11)24-17(26)16-14(19)12(5-7-23-16)18(20,21)22/h5-7,9-10,13,15H,2-4,8H2,1H3,(H,24,26)/t13-,15-/m0/s1/i1-1. The topological polar surface area (TPSA) is 45.2 Å². The van der Waals surface area contributed by atoms with E-state index in [1.165, 1.54) is 11.3 Å². The van der Waals surface area contributed by atoms with Gasteiger partial charge in [-0.2, -0.15) is 24.5 Å². The van der Waals surface area contributed by atoms with Crippen LogP contribution in [0.5, 0.6) is 0 Å². The maximum atomic E-state index is 13.1. The van der Waals surface area contributed by atoms with Gasteiger partial charge in [-0.15, -0.1) is 0 Å². The highest BCUT2D eigenvalue weighted by atomic mass is 35.5. The van der Waals surface area contributed by atoms with E-state index in [9.17, 15) is 18.0 Å². The molecule has 4 nitrogen and oxygen atoms in total. The Morgan fingerprint density at radius 1 is 1.41 bits per heavy atom. The molecule has 1 N–H and O–H groups in total. The first-order valence-electron chi connectivity index (χ1n) is 8.54. The predicted octanol–water partition coefficient (Wildman–Crippen LogP) is 4.77. The number of likely N-dealkylation sites (tertiary alicyclic amines) is 1. The third-order valence-corrected chi connectivity index (χ3v) is 5.89. The summed E-state index contributed by atoms with van der Waals surface area (Å²) in [5.74, 6) is -0.707. The van der Waals surface area contributed by atoms with Crippen LogP contribution in [0.25, 0.3) is 0 Å². The molecule has 3 heterocycles. The second kappa shape index (κ2) is 8.16. The maximum Gasteiger partial charge on any atom is 0.417 e. The van der Waals surface area contributed by atoms with Crippen LogP contribution in [0, 0.1) is 0 Å². The minimum absolute atomic E-state index is 0.0573. The van der Waals surface area contributed by atoms with Crippen LogP contribution in [0.1, 0.15) is 46.9 Å². The highest BCUT2D eigenvalue weighted by Crippen LogP contribution is 2.36. The molecule has 2 atom stereocenters. The van der Waals surface area contributed by atoms with E-state index in [0.29, 0.717) is 0 Å². The van der Waals surface area contributed by atoms with Gasteiger partial charge in [0.1, 0.15) is 5.69 Å². The molecular weight excluding hydrogens is 398 g/mol. The van der Waals surface area contributed by atoms with Crippen molar-refractivity contribution in [2.75, 3.05) is 13.6 Å². The number of carbonyl (C=O) groups excluding carboxylic acids is 1. The number of hydrogen-bond donors (Lipinski definition) is 1. The number of aromatic nitrogens is 1. The van der Waals surface area contributed by atoms with Crippen molar-refractivity contribution in [2.24, 2.45) is 0 Å². The highest BCUT2D eigenvalue weighted by Gasteiger charge is 2.36. The van der Waals surface area contributed by atoms with Crippen molar-refractivity contribution in [3.05, 3.63) is 50.9 Å². The fourth-order valence-corrected chi connectivity index (χ4v) is 4.41. The van der Waals surface area contributed by atoms with E-state index in [4.69, 9.17) is 11.6 Å². The summed E-state index contributed by atoms with van der Waals surface area (Å²) in [5.41, 5.74) is -0.549. The second-order valence-electron chi connectivity index (χ2n) is 6.57. The Morgan fingerprint density at radius 2 is 2.19 bits per heavy atom. The van der Waals surface area contributed by atoms with Gasteiger partial charge in [-0.25, -0.2) is 4.98 Å². The van der Waals surface area contributed by atoms with Crippen LogP contribution in [-0.4, -0.2) is 35.4 Å². The average Bonchev–Trinajstić information content (AvgIpc) is 3.14. The molecule has 3 rings (SSSR count). The van der Waals surface area contributed by atoms with E-state index in [1.807, 2.05) is 23.9 Å². The fourth-order valence-electron chi connectivity index (χ4n) is 3.41. The summed E-state index contributed by atoms with van der Waals surface area (Å²) in [7, 11) is 1.99. The van der Waals surface area contributed by atoms with Gasteiger partial charge in [0.25, 0.3) is 5.91 Å². The molecule has 1 amide bonds. The third-order valence-electron chi connectivity index (χ3n) is 4.81. The number of hydrogen-bond acceptors (Lipinski definition) is 4. The monoisotopic (exact) mass is 416 g/mol. The van der Waals surface area contributed by atoms with Crippen molar-refractivity contribution in [1.82, 2.24) is 15.2 Å². The molecule has 0 unspecified atom stereocenters. The van der Waals surface area contributed by atoms with Gasteiger partial charge in [0.05, 0.1) is 16.6 Å². The summed E-state index contributed by atoms with van der Waals surface area (Å²) < 4.78 is 39.2. The summed E-state index contributed by atoms with van der Waals surface area (Å²) in [5, 5.41) is 6.04. The van der Waals surface area contributed by atoms with Crippen LogP contribution < -0.4 is 5.32 Å². The first-order valence-corrected chi connectivity index (χ1v) is 9.86. The van der Waals surface area contributed by atoms with Crippen LogP contribution in [0.3, 0.4) is 0 Å². The molecule has 0 bridgehead atoms. The lowest BCUT2D eigenvalue weighted by atomic mass is 9.90. The highest BCUT2D eigenvalue weighted by molar-refractivity contribution is 7.08. The first-order chi connectivity index (χ1) is 12.8. The summed E-state index contributed by atoms with van der Waals surface area (Å²) in [6, 6.07) is 2.40. The van der Waals surface area contributed by atoms with E-state index in [2.05, 4.69) is 15.2 Å². The Balaban J connectivity index is 1.90. The number of carbonyl (C=O) groups is 1. The Hall–Kier alpha value is -1.64. The lowest BCUT2D eigenvalue weighted by Gasteiger charge is -2.38. The van der Waals surface area contributed by atoms with Crippen molar-refractivity contribution in [3.8, 4) is 0 Å². The number of halogens is 4. The molecule has 146 valence electrons. The Kier molecular flexibility index (Phi) is 6.08. The molecule has 0 spiro atoms. The molecule has 0 saturated carbocycles. The van der Waals surface area contributed by atoms with Crippen LogP contribution in [0.4, 0.5) is 13.2 Å². The Labute approximate surface area is 164 Å². The molecule has 1 aliphatic rings. The largest absolute Gasteiger partial charge is 0.417 e. The van der Waals surface area contributed by atoms with Gasteiger partial charge in [0.15, 0.2) is 0 Å². The number of nitrogens with one attached hydrogen (secondary N) is 1. The molecule has 0 aromatic carbocycles. The quantitative estimate of drug-likeness (QED) is 0.780. The van der Waals surface area contributed by atoms with E-state index >= 15 is 0 Å². The van der Waals surface area contributed by atoms with Gasteiger partial charge < -0.3 is 10.2 Å². The van der Waals surface area contributed by atoms with Crippen molar-refractivity contribution in [2.45, 2.75) is 37.5 Å². The molecule has 27 heavy (non-hydrogen) atoms. The summed E-state index contributed by atoms with van der Waals surface area (Å²) >= 11 is 7.36. The summed E-state index contributed by atoms with van der Waals surface area (Å²) in [6.45, 7) is 0.906. The molecule has 1 aliphatic heterocycles. The zero-order chi connectivity index (χ0) is 19.6. The fraction of sp³-hybridized carbons (Fsp3) is 0.444. The van der Waals surface area contributed by atoms with Gasteiger partial charge in [0, 0.05) is 12.2 Å². The van der Waals surface area contributed by atoms with Crippen LogP contribution >= 0.6 is 22.9 Å². The van der Waals surface area contributed by atoms with Crippen molar-refractivity contribution in [3.63, 3.8) is 0 Å². The normalized spacial score (nSPS) is 19.7. The smallest absolute Gasteiger partial charge is 0.342 e. The first kappa shape index (κ1) is 20.1. The van der Waals surface area contributed by atoms with Crippen molar-refractivity contribution < 1.29 is 18.0 Å². The number of alkyl halides is 3. The van der Waals surface area contributed by atoms with Crippen molar-refractivity contribution >= 4 is 28.8 Å². The number of likely N-dealkylation sites (N-methyl/N-ethyl adjacent to an activating group) is 1. The zero-order valence-corrected chi connectivity index (χ0v) is 16.2. The lowest BCUT2D eigenvalue weighted by molar-refractivity contribution is -0.137. The lowest BCUT2D eigenvalue weighted by Crippen LogP contribution is -2.47. The summed E-state index contributed by atoms with van der Waals surface area (Å²) in [4.78, 5) is 18.7. The maximum absolute atomic E-state index is 13.1. The van der Waals surface area contributed by atoms with E-state index in [0.717, 1.165) is 43.6 Å². The van der Waals surface area contributed by atoms with Gasteiger partial charge >= 0.3 is 6.18 Å². The predicted molar refractivity (Wildman–Crippen MR) is 99.0 cm³/mol. The molecule has 2 aromatic rings. The number of nitrogens with zero attached hydrogens (tertiary/aromatic N) is 2. The van der Waals surface area contributed by atoms with Gasteiger partial charge in [-0.05, 0) is 54.9 Å². The zero-order valence-electron chi connectivity index (χ0n) is 14.6. The SMILES string of the molecule is [11CH3]N1CCCC[C@H]1[C@@H](NC(=O)c1nccc(C(F)(F)F)c1Cl)c1ccsc1. The molecule has 1 fully saturated rings. The van der Waals surface area contributed by atoms with Crippen LogP contribution in [-0.2, 0) is 6.18 Å². The molecule has 0 aliphatic carbocycles. The molecule has 0 radical (unpaired) electrons. The molecule has 9 heteroatoms. The number of amides is 1. The molecular formula is C18H19ClF3N3OS. The third kappa shape index (κ3) is 4.44. The Bertz CT molecular complexity index is 798. The van der Waals surface area contributed by atoms with Gasteiger partial charge in [0.2, 0.25) is 0 Å². The Morgan fingerprint density at radius 3 is 2.81 bits per heavy atom. The number of thiophene rings is 1. The number of pyridine rings is 1. The summed E-state index contributed by atoms with van der Waals surface area (Å²) in [6.07, 6.45) is -0.686. The van der Waals surface area contributed by atoms with Gasteiger partial charge in [-0.1, -0.05) is 18.0 Å². The average molecular weight is 417 g/mol. The van der Waals surface area contributed by atoms with E-state index < -0.39 is 28.4 Å². The van der Waals surface area contributed by atoms with E-state index in [1.54, 1.807) is 0 Å². The van der Waals surface area contributed by atoms with Crippen LogP contribution in [0.15, 0.2) is 29.1 Å². The number of piperidine rings is 1. The van der Waals surface area contributed by atoms with Gasteiger partial charge in [-0.3, -0.25) is 4.79 Å². The minimum Gasteiger partial charge on any atom is -0.342 e. The number of rotatable bonds is 4. The van der Waals surface area contributed by atoms with Crippen LogP contribution in [0.2, 0.25) is 5.02 Å². The molecule has 1 saturated heterocycles.